The van der Waals surface area contributed by atoms with Gasteiger partial charge in [0.15, 0.2) is 0 Å². The Labute approximate surface area is 230 Å². The molecular formula is C30H34F5NO4. The molecule has 10 heteroatoms. The van der Waals surface area contributed by atoms with Crippen molar-refractivity contribution in [3.63, 3.8) is 0 Å². The summed E-state index contributed by atoms with van der Waals surface area (Å²) in [6, 6.07) is 2.51. The molecule has 2 atom stereocenters. The zero-order chi connectivity index (χ0) is 30.2. The van der Waals surface area contributed by atoms with Crippen LogP contribution in [-0.4, -0.2) is 29.7 Å². The average Bonchev–Trinajstić information content (AvgIpc) is 2.83. The quantitative estimate of drug-likeness (QED) is 0.119. The molecule has 2 rings (SSSR count). The minimum absolute atomic E-state index is 0.0586. The molecule has 218 valence electrons. The largest absolute Gasteiger partial charge is 0.466 e. The highest BCUT2D eigenvalue weighted by Gasteiger charge is 2.38. The first kappa shape index (κ1) is 32.7. The van der Waals surface area contributed by atoms with Crippen molar-refractivity contribution in [2.75, 3.05) is 6.61 Å². The standard InChI is InChI=1S/C30H34F5NO4/c1-6-8-9-10-19-13-21(31)12-18(5)27(19)20-14-22(28(32)23(15-20)30(33,34)35)24(16-26(38)40-7-2)36-29(39)25(37)11-17(3)4/h6,12-15,24-25,37H,1,3,7-11,16H2,2,4-5H3,(H,36,39)/t24-,25+/m0/s1. The van der Waals surface area contributed by atoms with Gasteiger partial charge in [-0.3, -0.25) is 9.59 Å². The lowest BCUT2D eigenvalue weighted by Crippen LogP contribution is -2.38. The van der Waals surface area contributed by atoms with Crippen LogP contribution in [0.2, 0.25) is 0 Å². The fourth-order valence-corrected chi connectivity index (χ4v) is 4.43. The topological polar surface area (TPSA) is 75.6 Å². The van der Waals surface area contributed by atoms with Crippen molar-refractivity contribution in [2.24, 2.45) is 0 Å². The number of carbonyl (C=O) groups is 2. The van der Waals surface area contributed by atoms with Crippen molar-refractivity contribution in [1.29, 1.82) is 0 Å². The summed E-state index contributed by atoms with van der Waals surface area (Å²) in [5, 5.41) is 12.5. The van der Waals surface area contributed by atoms with E-state index in [0.29, 0.717) is 42.0 Å². The number of aliphatic hydroxyl groups excluding tert-OH is 1. The van der Waals surface area contributed by atoms with E-state index in [1.807, 2.05) is 0 Å². The van der Waals surface area contributed by atoms with Gasteiger partial charge in [0.05, 0.1) is 24.6 Å². The number of amides is 1. The Balaban J connectivity index is 2.79. The van der Waals surface area contributed by atoms with Gasteiger partial charge in [-0.2, -0.15) is 13.2 Å². The first-order valence-electron chi connectivity index (χ1n) is 12.8. The third-order valence-electron chi connectivity index (χ3n) is 6.14. The highest BCUT2D eigenvalue weighted by molar-refractivity contribution is 5.82. The molecule has 0 bridgehead atoms. The number of ether oxygens (including phenoxy) is 1. The molecular weight excluding hydrogens is 533 g/mol. The number of esters is 1. The predicted octanol–water partition coefficient (Wildman–Crippen LogP) is 6.91. The van der Waals surface area contributed by atoms with Gasteiger partial charge >= 0.3 is 12.1 Å². The monoisotopic (exact) mass is 567 g/mol. The van der Waals surface area contributed by atoms with Crippen molar-refractivity contribution in [3.8, 4) is 11.1 Å². The van der Waals surface area contributed by atoms with E-state index in [-0.39, 0.29) is 24.2 Å². The molecule has 0 aliphatic heterocycles. The summed E-state index contributed by atoms with van der Waals surface area (Å²) in [5.74, 6) is -4.19. The summed E-state index contributed by atoms with van der Waals surface area (Å²) in [6.45, 7) is 11.8. The number of halogens is 5. The number of rotatable bonds is 13. The van der Waals surface area contributed by atoms with Gasteiger partial charge in [-0.05, 0) is 86.6 Å². The normalized spacial score (nSPS) is 12.9. The highest BCUT2D eigenvalue weighted by Crippen LogP contribution is 2.40. The third-order valence-corrected chi connectivity index (χ3v) is 6.14. The second-order valence-corrected chi connectivity index (χ2v) is 9.61. The molecule has 40 heavy (non-hydrogen) atoms. The van der Waals surface area contributed by atoms with Crippen molar-refractivity contribution in [1.82, 2.24) is 5.32 Å². The zero-order valence-corrected chi connectivity index (χ0v) is 22.8. The van der Waals surface area contributed by atoms with Crippen LogP contribution in [0.15, 0.2) is 49.1 Å². The maximum atomic E-state index is 15.6. The first-order valence-corrected chi connectivity index (χ1v) is 12.8. The molecule has 2 aromatic carbocycles. The number of alkyl halides is 3. The van der Waals surface area contributed by atoms with Gasteiger partial charge in [-0.15, -0.1) is 13.2 Å². The van der Waals surface area contributed by atoms with Gasteiger partial charge < -0.3 is 15.2 Å². The fourth-order valence-electron chi connectivity index (χ4n) is 4.43. The molecule has 0 aliphatic carbocycles. The molecule has 0 radical (unpaired) electrons. The predicted molar refractivity (Wildman–Crippen MR) is 142 cm³/mol. The van der Waals surface area contributed by atoms with Gasteiger partial charge in [0.2, 0.25) is 5.91 Å². The van der Waals surface area contributed by atoms with Crippen LogP contribution in [-0.2, 0) is 26.9 Å². The molecule has 0 saturated heterocycles. The van der Waals surface area contributed by atoms with Crippen molar-refractivity contribution in [2.45, 2.75) is 71.2 Å². The van der Waals surface area contributed by atoms with Crippen LogP contribution in [0.4, 0.5) is 22.0 Å². The van der Waals surface area contributed by atoms with E-state index in [9.17, 15) is 32.3 Å². The first-order chi connectivity index (χ1) is 18.7. The van der Waals surface area contributed by atoms with Crippen LogP contribution in [0.3, 0.4) is 0 Å². The second kappa shape index (κ2) is 14.2. The lowest BCUT2D eigenvalue weighted by molar-refractivity contribution is -0.144. The SMILES string of the molecule is C=CCCCc1cc(F)cc(C)c1-c1cc([C@H](CC(=O)OCC)NC(=O)[C@H](O)CC(=C)C)c(F)c(C(F)(F)F)c1. The minimum Gasteiger partial charge on any atom is -0.466 e. The molecule has 5 nitrogen and oxygen atoms in total. The third kappa shape index (κ3) is 8.74. The van der Waals surface area contributed by atoms with E-state index in [2.05, 4.69) is 18.5 Å². The Hall–Kier alpha value is -3.53. The number of hydrogen-bond acceptors (Lipinski definition) is 4. The number of aryl methyl sites for hydroxylation is 2. The number of unbranched alkanes of at least 4 members (excludes halogenated alkanes) is 1. The van der Waals surface area contributed by atoms with Gasteiger partial charge in [-0.1, -0.05) is 11.6 Å². The van der Waals surface area contributed by atoms with E-state index < -0.39 is 59.4 Å². The van der Waals surface area contributed by atoms with Crippen molar-refractivity contribution in [3.05, 3.63) is 83.0 Å². The zero-order valence-electron chi connectivity index (χ0n) is 22.8. The Morgan fingerprint density at radius 3 is 2.40 bits per heavy atom. The summed E-state index contributed by atoms with van der Waals surface area (Å²) in [7, 11) is 0. The Morgan fingerprint density at radius 1 is 1.15 bits per heavy atom. The van der Waals surface area contributed by atoms with Gasteiger partial charge in [0.1, 0.15) is 17.7 Å². The summed E-state index contributed by atoms with van der Waals surface area (Å²) in [5.41, 5.74) is -0.857. The van der Waals surface area contributed by atoms with Gasteiger partial charge in [-0.25, -0.2) is 8.78 Å². The van der Waals surface area contributed by atoms with E-state index in [1.54, 1.807) is 13.0 Å². The summed E-state index contributed by atoms with van der Waals surface area (Å²) in [6.07, 6.45) is -4.53. The number of hydrogen-bond donors (Lipinski definition) is 2. The van der Waals surface area contributed by atoms with Crippen LogP contribution >= 0.6 is 0 Å². The fraction of sp³-hybridized carbons (Fsp3) is 0.400. The summed E-state index contributed by atoms with van der Waals surface area (Å²) in [4.78, 5) is 25.0. The van der Waals surface area contributed by atoms with Crippen LogP contribution < -0.4 is 5.32 Å². The number of aliphatic hydroxyl groups is 1. The lowest BCUT2D eigenvalue weighted by Gasteiger charge is -2.24. The van der Waals surface area contributed by atoms with Crippen LogP contribution in [0.1, 0.15) is 67.8 Å². The van der Waals surface area contributed by atoms with E-state index >= 15 is 4.39 Å². The lowest BCUT2D eigenvalue weighted by atomic mass is 9.88. The number of allylic oxidation sites excluding steroid dienone is 1. The smallest absolute Gasteiger partial charge is 0.419 e. The maximum Gasteiger partial charge on any atom is 0.419 e. The van der Waals surface area contributed by atoms with E-state index in [4.69, 9.17) is 4.74 Å². The van der Waals surface area contributed by atoms with Gasteiger partial charge in [0.25, 0.3) is 0 Å². The Kier molecular flexibility index (Phi) is 11.6. The Morgan fingerprint density at radius 2 is 1.82 bits per heavy atom. The van der Waals surface area contributed by atoms with Crippen LogP contribution in [0, 0.1) is 18.6 Å². The molecule has 0 aliphatic rings. The van der Waals surface area contributed by atoms with Crippen molar-refractivity contribution >= 4 is 11.9 Å². The summed E-state index contributed by atoms with van der Waals surface area (Å²) >= 11 is 0. The number of carbonyl (C=O) groups excluding carboxylic acids is 2. The molecule has 0 spiro atoms. The van der Waals surface area contributed by atoms with E-state index in [0.717, 1.165) is 12.1 Å². The number of nitrogens with one attached hydrogen (secondary N) is 1. The van der Waals surface area contributed by atoms with Gasteiger partial charge in [0, 0.05) is 12.0 Å². The van der Waals surface area contributed by atoms with Crippen LogP contribution in [0.25, 0.3) is 11.1 Å². The highest BCUT2D eigenvalue weighted by atomic mass is 19.4. The maximum absolute atomic E-state index is 15.6. The molecule has 0 fully saturated rings. The molecule has 0 heterocycles. The average molecular weight is 568 g/mol. The molecule has 0 aromatic heterocycles. The van der Waals surface area contributed by atoms with E-state index in [1.165, 1.54) is 19.9 Å². The molecule has 1 amide bonds. The van der Waals surface area contributed by atoms with Crippen LogP contribution in [0.5, 0.6) is 0 Å². The summed E-state index contributed by atoms with van der Waals surface area (Å²) < 4.78 is 77.0. The molecule has 0 unspecified atom stereocenters. The molecule has 2 N–H and O–H groups in total. The Bertz CT molecular complexity index is 1260. The molecule has 0 saturated carbocycles. The minimum atomic E-state index is -5.14. The van der Waals surface area contributed by atoms with Crippen molar-refractivity contribution < 1.29 is 41.4 Å². The second-order valence-electron chi connectivity index (χ2n) is 9.61. The molecule has 2 aromatic rings. The number of benzene rings is 2.